The van der Waals surface area contributed by atoms with E-state index < -0.39 is 108 Å². The Morgan fingerprint density at radius 2 is 1.60 bits per heavy atom. The minimum absolute atomic E-state index is 0.123. The van der Waals surface area contributed by atoms with E-state index in [1.165, 1.54) is 12.1 Å². The van der Waals surface area contributed by atoms with E-state index in [9.17, 15) is 19.8 Å². The summed E-state index contributed by atoms with van der Waals surface area (Å²) in [5.41, 5.74) is 1.55. The number of aromatic nitrogens is 1. The fourth-order valence-corrected chi connectivity index (χ4v) is 11.5. The molecule has 4 aliphatic rings. The molecule has 17 heteroatoms. The number of ketones is 1. The molecule has 68 heavy (non-hydrogen) atoms. The second-order valence-electron chi connectivity index (χ2n) is 20.8. The first kappa shape index (κ1) is 54.0. The van der Waals surface area contributed by atoms with Gasteiger partial charge in [0.2, 0.25) is 0 Å². The maximum absolute atomic E-state index is 15.1. The summed E-state index contributed by atoms with van der Waals surface area (Å²) in [6.07, 6.45) is -4.54. The lowest BCUT2D eigenvalue weighted by atomic mass is 9.73. The fraction of sp³-hybridized carbons (Fsp3) is 0.765. The number of pyridine rings is 1. The van der Waals surface area contributed by atoms with Crippen LogP contribution in [0, 0.1) is 23.7 Å². The molecule has 18 atom stereocenters. The number of carbonyl (C=O) groups excluding carboxylic acids is 3. The number of para-hydroxylation sites is 1. The van der Waals surface area contributed by atoms with Gasteiger partial charge in [-0.1, -0.05) is 45.9 Å². The third-order valence-corrected chi connectivity index (χ3v) is 15.7. The molecule has 4 fully saturated rings. The van der Waals surface area contributed by atoms with Crippen LogP contribution in [0.2, 0.25) is 0 Å². The van der Waals surface area contributed by atoms with E-state index in [1.54, 1.807) is 47.9 Å². The monoisotopic (exact) mass is 957 g/mol. The van der Waals surface area contributed by atoms with Crippen molar-refractivity contribution in [2.45, 2.75) is 192 Å². The standard InChI is InChI=1S/C51H80N4O13/c1-15-38-51(10)43(55(48(60)68-51)53-23-18-19-34-22-24-52-36-21-17-16-20-35(34)36)30(4)40(56)28(2)26-50(9,62-14)45(67-47-41(57)37(54(11)12)25-29(3)63-47)31(5)42(32(6)46(59)65-38)66-39-27-49(8,61-13)44(58)33(7)64-39/h16-17,20-22,24,28-33,37-39,41-45,47,53,57-58H,15,18-19,23,25-27H2,1-14H3/t28-,29-,30+,31+,32-,33+,37+,38-,39?,41-,42?,43-,44+,45-,47+,49?,50-,51-/m1/s1. The van der Waals surface area contributed by atoms with Gasteiger partial charge in [-0.05, 0) is 105 Å². The van der Waals surface area contributed by atoms with Crippen LogP contribution < -0.4 is 5.43 Å². The number of hydrogen-bond acceptors (Lipinski definition) is 16. The van der Waals surface area contributed by atoms with Gasteiger partial charge in [-0.3, -0.25) is 14.6 Å². The van der Waals surface area contributed by atoms with Gasteiger partial charge >= 0.3 is 12.1 Å². The van der Waals surface area contributed by atoms with Gasteiger partial charge in [-0.2, -0.15) is 0 Å². The number of rotatable bonds is 13. The van der Waals surface area contributed by atoms with Gasteiger partial charge in [0, 0.05) is 62.6 Å². The first-order valence-electron chi connectivity index (χ1n) is 24.6. The molecule has 4 saturated heterocycles. The van der Waals surface area contributed by atoms with Crippen molar-refractivity contribution in [3.05, 3.63) is 42.1 Å². The number of methoxy groups -OCH3 is 2. The van der Waals surface area contributed by atoms with Crippen molar-refractivity contribution in [3.63, 3.8) is 0 Å². The summed E-state index contributed by atoms with van der Waals surface area (Å²) in [6, 6.07) is 8.76. The van der Waals surface area contributed by atoms with Gasteiger partial charge in [0.05, 0.1) is 47.1 Å². The number of hydrazine groups is 1. The number of nitrogens with one attached hydrogen (secondary N) is 1. The van der Waals surface area contributed by atoms with Crippen LogP contribution in [0.1, 0.15) is 107 Å². The summed E-state index contributed by atoms with van der Waals surface area (Å²) in [7, 11) is 6.86. The number of ether oxygens (including phenoxy) is 8. The summed E-state index contributed by atoms with van der Waals surface area (Å²) < 4.78 is 51.6. The number of aliphatic hydroxyl groups is 2. The molecule has 0 radical (unpaired) electrons. The molecule has 1 aromatic carbocycles. The summed E-state index contributed by atoms with van der Waals surface area (Å²) in [5.74, 6) is -4.03. The number of aliphatic hydroxyl groups excluding tert-OH is 2. The van der Waals surface area contributed by atoms with Crippen LogP contribution in [-0.4, -0.2) is 162 Å². The zero-order valence-corrected chi connectivity index (χ0v) is 42.8. The molecule has 2 aromatic rings. The number of fused-ring (bicyclic) bond motifs is 2. The summed E-state index contributed by atoms with van der Waals surface area (Å²) in [4.78, 5) is 50.6. The quantitative estimate of drug-likeness (QED) is 0.166. The fourth-order valence-electron chi connectivity index (χ4n) is 11.5. The Balaban J connectivity index is 1.39. The van der Waals surface area contributed by atoms with Crippen LogP contribution in [0.3, 0.4) is 0 Å². The molecule has 0 saturated carbocycles. The lowest BCUT2D eigenvalue weighted by molar-refractivity contribution is -0.319. The maximum atomic E-state index is 15.1. The van der Waals surface area contributed by atoms with E-state index in [2.05, 4.69) is 10.4 Å². The van der Waals surface area contributed by atoms with Gasteiger partial charge in [0.15, 0.2) is 18.2 Å². The highest BCUT2D eigenvalue weighted by atomic mass is 16.7. The van der Waals surface area contributed by atoms with Crippen molar-refractivity contribution >= 4 is 28.7 Å². The first-order chi connectivity index (χ1) is 32.0. The highest BCUT2D eigenvalue weighted by Crippen LogP contribution is 2.44. The van der Waals surface area contributed by atoms with Gasteiger partial charge in [0.25, 0.3) is 0 Å². The highest BCUT2D eigenvalue weighted by molar-refractivity contribution is 5.85. The van der Waals surface area contributed by atoms with Crippen molar-refractivity contribution in [1.82, 2.24) is 20.3 Å². The molecule has 0 bridgehead atoms. The summed E-state index contributed by atoms with van der Waals surface area (Å²) >= 11 is 0. The van der Waals surface area contributed by atoms with Crippen LogP contribution in [0.25, 0.3) is 10.9 Å². The Morgan fingerprint density at radius 1 is 0.912 bits per heavy atom. The summed E-state index contributed by atoms with van der Waals surface area (Å²) in [5, 5.41) is 25.4. The van der Waals surface area contributed by atoms with Crippen LogP contribution >= 0.6 is 0 Å². The van der Waals surface area contributed by atoms with Gasteiger partial charge < -0.3 is 53.0 Å². The molecule has 382 valence electrons. The number of aryl methyl sites for hydroxylation is 1. The van der Waals surface area contributed by atoms with E-state index in [4.69, 9.17) is 37.9 Å². The average Bonchev–Trinajstić information content (AvgIpc) is 3.57. The zero-order valence-electron chi connectivity index (χ0n) is 42.8. The molecular weight excluding hydrogens is 877 g/mol. The molecule has 17 nitrogen and oxygen atoms in total. The number of esters is 1. The van der Waals surface area contributed by atoms with Crippen molar-refractivity contribution in [2.75, 3.05) is 34.9 Å². The maximum Gasteiger partial charge on any atom is 0.425 e. The molecule has 3 unspecified atom stereocenters. The third kappa shape index (κ3) is 10.9. The number of amides is 1. The van der Waals surface area contributed by atoms with Crippen LogP contribution in [0.4, 0.5) is 4.79 Å². The smallest absolute Gasteiger partial charge is 0.425 e. The predicted octanol–water partition coefficient (Wildman–Crippen LogP) is 5.59. The van der Waals surface area contributed by atoms with Crippen LogP contribution in [0.5, 0.6) is 0 Å². The minimum Gasteiger partial charge on any atom is -0.458 e. The average molecular weight is 957 g/mol. The van der Waals surface area contributed by atoms with E-state index in [-0.39, 0.29) is 37.2 Å². The SMILES string of the molecule is CC[C@H]1OC(=O)[C@H](C)C(OC2CC(C)(OC)[C@@H](O)[C@H](C)O2)[C@H](C)[C@@H](O[C@@H]2O[C@H](C)C[C@H](N(C)C)[C@H]2O)[C@](C)(OC)C[C@@H](C)C(=O)[C@H](C)[C@H]2N(NCCCc3ccnc4ccccc34)C(=O)O[C@]12C. The van der Waals surface area contributed by atoms with Crippen molar-refractivity contribution < 1.29 is 62.5 Å². The third-order valence-electron chi connectivity index (χ3n) is 15.7. The highest BCUT2D eigenvalue weighted by Gasteiger charge is 2.61. The van der Waals surface area contributed by atoms with Crippen molar-refractivity contribution in [2.24, 2.45) is 23.7 Å². The van der Waals surface area contributed by atoms with Gasteiger partial charge in [-0.15, -0.1) is 0 Å². The zero-order chi connectivity index (χ0) is 50.0. The van der Waals surface area contributed by atoms with E-state index in [1.807, 2.05) is 83.9 Å². The van der Waals surface area contributed by atoms with Crippen molar-refractivity contribution in [1.29, 1.82) is 0 Å². The molecular formula is C51H80N4O13. The number of Topliss-reactive ketones (excluding diaryl/α,β-unsaturated/α-hetero) is 1. The molecule has 1 amide bonds. The topological polar surface area (TPSA) is 197 Å². The lowest BCUT2D eigenvalue weighted by Gasteiger charge is -2.50. The number of benzene rings is 1. The molecule has 1 aromatic heterocycles. The van der Waals surface area contributed by atoms with Crippen LogP contribution in [0.15, 0.2) is 36.5 Å². The molecule has 0 aliphatic carbocycles. The number of likely N-dealkylation sites (N-methyl/N-ethyl adjacent to an activating group) is 1. The Morgan fingerprint density at radius 3 is 2.26 bits per heavy atom. The minimum atomic E-state index is -1.47. The normalized spacial score (nSPS) is 41.0. The lowest BCUT2D eigenvalue weighted by Crippen LogP contribution is -2.62. The Labute approximate surface area is 403 Å². The van der Waals surface area contributed by atoms with E-state index in [0.717, 1.165) is 16.5 Å². The molecule has 6 rings (SSSR count). The molecule has 3 N–H and O–H groups in total. The second-order valence-corrected chi connectivity index (χ2v) is 20.8. The predicted molar refractivity (Wildman–Crippen MR) is 253 cm³/mol. The van der Waals surface area contributed by atoms with Gasteiger partial charge in [0.1, 0.15) is 30.1 Å². The molecule has 4 aliphatic heterocycles. The van der Waals surface area contributed by atoms with Gasteiger partial charge in [-0.25, -0.2) is 15.2 Å². The number of carbonyl (C=O) groups is 3. The second kappa shape index (κ2) is 22.0. The van der Waals surface area contributed by atoms with E-state index >= 15 is 4.79 Å². The number of nitrogens with zero attached hydrogens (tertiary/aromatic N) is 3. The van der Waals surface area contributed by atoms with Crippen LogP contribution in [-0.2, 0) is 53.9 Å². The van der Waals surface area contributed by atoms with Crippen molar-refractivity contribution in [3.8, 4) is 0 Å². The number of cyclic esters (lactones) is 1. The largest absolute Gasteiger partial charge is 0.458 e. The Hall–Kier alpha value is -3.36. The number of hydrogen-bond donors (Lipinski definition) is 3. The molecule has 5 heterocycles. The Kier molecular flexibility index (Phi) is 17.4. The first-order valence-corrected chi connectivity index (χ1v) is 24.6. The summed E-state index contributed by atoms with van der Waals surface area (Å²) in [6.45, 7) is 18.5. The Bertz CT molecular complexity index is 2040. The van der Waals surface area contributed by atoms with E-state index in [0.29, 0.717) is 25.8 Å². The molecule has 0 spiro atoms.